The molecule has 0 radical (unpaired) electrons. The molecule has 2 saturated heterocycles. The molecule has 312 valence electrons. The average Bonchev–Trinajstić information content (AvgIpc) is 3.20. The van der Waals surface area contributed by atoms with Crippen LogP contribution < -0.4 is 0 Å². The minimum atomic E-state index is -0.990. The van der Waals surface area contributed by atoms with Crippen molar-refractivity contribution in [2.75, 3.05) is 7.11 Å². The van der Waals surface area contributed by atoms with E-state index >= 15 is 0 Å². The van der Waals surface area contributed by atoms with Crippen LogP contribution in [-0.2, 0) is 38.0 Å². The second kappa shape index (κ2) is 25.1. The fraction of sp³-hybridized carbons (Fsp3) is 0.667. The zero-order chi connectivity index (χ0) is 40.1. The topological polar surface area (TPSA) is 136 Å². The molecular weight excluding hydrogens is 716 g/mol. The number of methoxy groups -OCH3 is 1. The normalized spacial score (nSPS) is 25.6. The van der Waals surface area contributed by atoms with Crippen molar-refractivity contribution in [3.05, 3.63) is 71.8 Å². The first-order chi connectivity index (χ1) is 27.2. The number of carbonyl (C=O) groups excluding carboxylic acids is 3. The van der Waals surface area contributed by atoms with E-state index in [0.717, 1.165) is 70.6 Å². The minimum absolute atomic E-state index is 0.0191. The lowest BCUT2D eigenvalue weighted by Crippen LogP contribution is -2.55. The molecule has 11 heteroatoms. The summed E-state index contributed by atoms with van der Waals surface area (Å²) in [6, 6.07) is 17.4. The van der Waals surface area contributed by atoms with Crippen molar-refractivity contribution >= 4 is 17.9 Å². The van der Waals surface area contributed by atoms with Crippen molar-refractivity contribution in [2.45, 2.75) is 185 Å². The van der Waals surface area contributed by atoms with E-state index in [1.807, 2.05) is 19.1 Å². The highest BCUT2D eigenvalue weighted by Crippen LogP contribution is 2.33. The maximum absolute atomic E-state index is 13.2. The number of hydrogen-bond acceptors (Lipinski definition) is 11. The van der Waals surface area contributed by atoms with E-state index in [4.69, 9.17) is 33.2 Å². The Morgan fingerprint density at radius 2 is 1.16 bits per heavy atom. The van der Waals surface area contributed by atoms with Crippen LogP contribution in [0.4, 0.5) is 0 Å². The van der Waals surface area contributed by atoms with Gasteiger partial charge in [0.2, 0.25) is 0 Å². The molecule has 11 nitrogen and oxygen atoms in total. The number of rotatable bonds is 24. The molecule has 0 spiro atoms. The summed E-state index contributed by atoms with van der Waals surface area (Å²) < 4.78 is 42.1. The van der Waals surface area contributed by atoms with Gasteiger partial charge in [-0.1, -0.05) is 114 Å². The molecule has 0 amide bonds. The van der Waals surface area contributed by atoms with Crippen LogP contribution in [0.25, 0.3) is 0 Å². The average molecular weight is 783 g/mol. The van der Waals surface area contributed by atoms with Crippen molar-refractivity contribution in [3.63, 3.8) is 0 Å². The number of unbranched alkanes of at least 4 members (excludes halogenated alkanes) is 10. The molecule has 0 bridgehead atoms. The summed E-state index contributed by atoms with van der Waals surface area (Å²) in [6.07, 6.45) is 10.1. The van der Waals surface area contributed by atoms with Gasteiger partial charge in [0, 0.05) is 19.3 Å². The van der Waals surface area contributed by atoms with Gasteiger partial charge in [-0.05, 0) is 57.4 Å². The van der Waals surface area contributed by atoms with Gasteiger partial charge >= 0.3 is 17.9 Å². The number of ether oxygens (including phenoxy) is 7. The number of hydrogen-bond donors (Lipinski definition) is 1. The molecule has 1 N–H and O–H groups in total. The summed E-state index contributed by atoms with van der Waals surface area (Å²) in [5.74, 6) is -1.17. The predicted octanol–water partition coefficient (Wildman–Crippen LogP) is 8.88. The Labute approximate surface area is 334 Å². The second-order valence-corrected chi connectivity index (χ2v) is 15.3. The number of benzene rings is 2. The summed E-state index contributed by atoms with van der Waals surface area (Å²) in [7, 11) is 1.43. The van der Waals surface area contributed by atoms with E-state index in [2.05, 4.69) is 6.92 Å². The van der Waals surface area contributed by atoms with Gasteiger partial charge in [-0.2, -0.15) is 0 Å². The van der Waals surface area contributed by atoms with Gasteiger partial charge in [0.1, 0.15) is 12.2 Å². The third kappa shape index (κ3) is 15.5. The maximum atomic E-state index is 13.2. The lowest BCUT2D eigenvalue weighted by atomic mass is 10.00. The monoisotopic (exact) mass is 782 g/mol. The maximum Gasteiger partial charge on any atom is 0.338 e. The quantitative estimate of drug-likeness (QED) is 0.0621. The lowest BCUT2D eigenvalue weighted by molar-refractivity contribution is -0.324. The Kier molecular flexibility index (Phi) is 20.3. The molecule has 2 heterocycles. The first kappa shape index (κ1) is 45.4. The van der Waals surface area contributed by atoms with Crippen LogP contribution in [0, 0.1) is 0 Å². The van der Waals surface area contributed by atoms with E-state index in [1.54, 1.807) is 55.5 Å². The highest BCUT2D eigenvalue weighted by Gasteiger charge is 2.45. The van der Waals surface area contributed by atoms with Crippen LogP contribution in [0.1, 0.15) is 151 Å². The summed E-state index contributed by atoms with van der Waals surface area (Å²) in [5.41, 5.74) is 0.788. The minimum Gasteiger partial charge on any atom is -0.469 e. The van der Waals surface area contributed by atoms with Gasteiger partial charge in [0.25, 0.3) is 0 Å². The molecule has 56 heavy (non-hydrogen) atoms. The van der Waals surface area contributed by atoms with Crippen LogP contribution >= 0.6 is 0 Å². The standard InChI is InChI=1S/C45H66O11/c1-5-6-7-20-27-36(28-21-12-10-8-9-11-13-22-29-41(47)50-4)53-44-37(46)30-38(32(2)51-44)56-45-40(55-43(49)35-25-18-15-19-26-35)31-39(33(3)52-45)54-42(48)34-23-16-14-17-24-34/h14-19,23-26,32-33,36-40,44-46H,5-13,20-22,27-31H2,1-4H3/t32-,33-,36+,37+,38+,39+,40+,44-,45-/m0/s1. The molecular formula is C45H66O11. The number of carbonyl (C=O) groups is 3. The Morgan fingerprint density at radius 1 is 0.661 bits per heavy atom. The molecule has 0 aliphatic carbocycles. The molecule has 2 aromatic carbocycles. The van der Waals surface area contributed by atoms with Crippen molar-refractivity contribution in [3.8, 4) is 0 Å². The summed E-state index contributed by atoms with van der Waals surface area (Å²) >= 11 is 0. The molecule has 2 aliphatic heterocycles. The Balaban J connectivity index is 1.30. The zero-order valence-corrected chi connectivity index (χ0v) is 34.0. The molecule has 0 unspecified atom stereocenters. The SMILES string of the molecule is CCCCCC[C@H](CCCCCCCCCCC(=O)OC)O[C@@H]1O[C@@H](C)[C@H](O[C@@H]2O[C@@H](C)[C@H](OC(=O)c3ccccc3)C[C@H]2OC(=O)c2ccccc2)C[C@H]1O. The number of aliphatic hydroxyl groups is 1. The Morgan fingerprint density at radius 3 is 1.73 bits per heavy atom. The van der Waals surface area contributed by atoms with Crippen molar-refractivity contribution in [2.24, 2.45) is 0 Å². The van der Waals surface area contributed by atoms with E-state index in [9.17, 15) is 19.5 Å². The van der Waals surface area contributed by atoms with Gasteiger partial charge in [0.15, 0.2) is 18.7 Å². The third-order valence-electron chi connectivity index (χ3n) is 10.7. The fourth-order valence-electron chi connectivity index (χ4n) is 7.31. The van der Waals surface area contributed by atoms with E-state index in [1.165, 1.54) is 26.4 Å². The first-order valence-corrected chi connectivity index (χ1v) is 21.1. The summed E-state index contributed by atoms with van der Waals surface area (Å²) in [5, 5.41) is 11.3. The summed E-state index contributed by atoms with van der Waals surface area (Å²) in [6.45, 7) is 5.89. The summed E-state index contributed by atoms with van der Waals surface area (Å²) in [4.78, 5) is 37.5. The molecule has 0 aromatic heterocycles. The Bertz CT molecular complexity index is 1410. The fourth-order valence-corrected chi connectivity index (χ4v) is 7.31. The van der Waals surface area contributed by atoms with Crippen LogP contribution in [0.5, 0.6) is 0 Å². The molecule has 2 aromatic rings. The highest BCUT2D eigenvalue weighted by molar-refractivity contribution is 5.90. The van der Waals surface area contributed by atoms with E-state index < -0.39 is 61.1 Å². The van der Waals surface area contributed by atoms with Crippen LogP contribution in [0.2, 0.25) is 0 Å². The van der Waals surface area contributed by atoms with E-state index in [-0.39, 0.29) is 24.9 Å². The molecule has 0 saturated carbocycles. The van der Waals surface area contributed by atoms with Crippen molar-refractivity contribution < 1.29 is 52.6 Å². The van der Waals surface area contributed by atoms with Crippen LogP contribution in [-0.4, -0.2) is 85.4 Å². The predicted molar refractivity (Wildman–Crippen MR) is 212 cm³/mol. The second-order valence-electron chi connectivity index (χ2n) is 15.3. The highest BCUT2D eigenvalue weighted by atomic mass is 16.7. The first-order valence-electron chi connectivity index (χ1n) is 21.1. The Hall–Kier alpha value is -3.35. The van der Waals surface area contributed by atoms with E-state index in [0.29, 0.717) is 17.5 Å². The van der Waals surface area contributed by atoms with Gasteiger partial charge in [0.05, 0.1) is 42.7 Å². The van der Waals surface area contributed by atoms with Gasteiger partial charge in [-0.15, -0.1) is 0 Å². The lowest BCUT2D eigenvalue weighted by Gasteiger charge is -2.44. The molecule has 9 atom stereocenters. The molecule has 2 aliphatic rings. The number of aliphatic hydroxyl groups excluding tert-OH is 1. The largest absolute Gasteiger partial charge is 0.469 e. The molecule has 2 fully saturated rings. The van der Waals surface area contributed by atoms with Crippen LogP contribution in [0.15, 0.2) is 60.7 Å². The van der Waals surface area contributed by atoms with Gasteiger partial charge < -0.3 is 38.3 Å². The van der Waals surface area contributed by atoms with Crippen LogP contribution in [0.3, 0.4) is 0 Å². The van der Waals surface area contributed by atoms with Crippen molar-refractivity contribution in [1.29, 1.82) is 0 Å². The number of esters is 3. The smallest absolute Gasteiger partial charge is 0.338 e. The van der Waals surface area contributed by atoms with Gasteiger partial charge in [-0.25, -0.2) is 9.59 Å². The zero-order valence-electron chi connectivity index (χ0n) is 34.0. The van der Waals surface area contributed by atoms with Crippen molar-refractivity contribution in [1.82, 2.24) is 0 Å². The molecule has 4 rings (SSSR count). The van der Waals surface area contributed by atoms with Gasteiger partial charge in [-0.3, -0.25) is 4.79 Å². The third-order valence-corrected chi connectivity index (χ3v) is 10.7.